The van der Waals surface area contributed by atoms with Crippen molar-refractivity contribution in [2.75, 3.05) is 6.54 Å². The molecule has 0 aliphatic rings. The third-order valence-electron chi connectivity index (χ3n) is 5.56. The number of benzene rings is 3. The predicted molar refractivity (Wildman–Crippen MR) is 129 cm³/mol. The van der Waals surface area contributed by atoms with Crippen LogP contribution in [-0.4, -0.2) is 32.3 Å². The maximum Gasteiger partial charge on any atom is 0.281 e. The molecule has 0 fully saturated rings. The lowest BCUT2D eigenvalue weighted by Crippen LogP contribution is -2.25. The van der Waals surface area contributed by atoms with E-state index in [4.69, 9.17) is 11.6 Å². The van der Waals surface area contributed by atoms with Crippen LogP contribution >= 0.6 is 11.6 Å². The van der Waals surface area contributed by atoms with E-state index in [1.807, 2.05) is 55.5 Å². The molecule has 0 aliphatic heterocycles. The van der Waals surface area contributed by atoms with E-state index in [1.165, 1.54) is 0 Å². The first-order valence-electron chi connectivity index (χ1n) is 10.5. The Morgan fingerprint density at radius 1 is 1.06 bits per heavy atom. The molecule has 0 spiro atoms. The number of aryl methyl sites for hydroxylation is 1. The summed E-state index contributed by atoms with van der Waals surface area (Å²) in [6.45, 7) is 2.48. The minimum absolute atomic E-state index is 0.220. The number of H-pyrrole nitrogens is 1. The van der Waals surface area contributed by atoms with E-state index < -0.39 is 0 Å². The van der Waals surface area contributed by atoms with Gasteiger partial charge in [0.25, 0.3) is 11.5 Å². The highest BCUT2D eigenvalue weighted by Gasteiger charge is 2.15. The van der Waals surface area contributed by atoms with Crippen LogP contribution in [0, 0.1) is 6.92 Å². The minimum Gasteiger partial charge on any atom is -0.352 e. The molecule has 1 amide bonds. The molecule has 2 heterocycles. The number of rotatable bonds is 5. The summed E-state index contributed by atoms with van der Waals surface area (Å²) in [4.78, 5) is 29.7. The van der Waals surface area contributed by atoms with Crippen LogP contribution in [0.25, 0.3) is 27.8 Å². The summed E-state index contributed by atoms with van der Waals surface area (Å²) in [5, 5.41) is 11.3. The topological polar surface area (TPSA) is 92.2 Å². The molecule has 5 rings (SSSR count). The molecule has 0 aliphatic carbocycles. The van der Waals surface area contributed by atoms with Gasteiger partial charge in [0.1, 0.15) is 5.69 Å². The van der Waals surface area contributed by atoms with Gasteiger partial charge >= 0.3 is 0 Å². The molecule has 33 heavy (non-hydrogen) atoms. The molecule has 0 bridgehead atoms. The van der Waals surface area contributed by atoms with Gasteiger partial charge in [-0.15, -0.1) is 0 Å². The van der Waals surface area contributed by atoms with Gasteiger partial charge in [-0.25, -0.2) is 9.73 Å². The molecule has 0 saturated carbocycles. The number of carbonyl (C=O) groups is 1. The summed E-state index contributed by atoms with van der Waals surface area (Å²) >= 11 is 5.91. The number of carbonyl (C=O) groups excluding carboxylic acids is 1. The highest BCUT2D eigenvalue weighted by atomic mass is 35.5. The van der Waals surface area contributed by atoms with Crippen molar-refractivity contribution in [3.63, 3.8) is 0 Å². The number of aromatic nitrogens is 4. The van der Waals surface area contributed by atoms with Crippen molar-refractivity contribution < 1.29 is 4.79 Å². The number of nitrogens with one attached hydrogen (secondary N) is 2. The van der Waals surface area contributed by atoms with Crippen LogP contribution in [0.1, 0.15) is 21.5 Å². The lowest BCUT2D eigenvalue weighted by Gasteiger charge is -2.07. The van der Waals surface area contributed by atoms with Gasteiger partial charge in [0.2, 0.25) is 0 Å². The van der Waals surface area contributed by atoms with Gasteiger partial charge in [-0.1, -0.05) is 53.6 Å². The van der Waals surface area contributed by atoms with Gasteiger partial charge in [-0.3, -0.25) is 9.59 Å². The second-order valence-corrected chi connectivity index (χ2v) is 8.30. The number of halogens is 1. The van der Waals surface area contributed by atoms with Crippen LogP contribution in [0.5, 0.6) is 0 Å². The fourth-order valence-electron chi connectivity index (χ4n) is 3.75. The normalized spacial score (nSPS) is 11.2. The second kappa shape index (κ2) is 8.52. The molecule has 7 nitrogen and oxygen atoms in total. The van der Waals surface area contributed by atoms with Gasteiger partial charge in [0, 0.05) is 22.7 Å². The van der Waals surface area contributed by atoms with Crippen LogP contribution in [0.2, 0.25) is 5.02 Å². The van der Waals surface area contributed by atoms with Crippen LogP contribution in [0.3, 0.4) is 0 Å². The molecular formula is C25H20ClN5O2. The maximum atomic E-state index is 12.8. The summed E-state index contributed by atoms with van der Waals surface area (Å²) in [6.07, 6.45) is 0.685. The summed E-state index contributed by atoms with van der Waals surface area (Å²) in [7, 11) is 0. The number of fused-ring (bicyclic) bond motifs is 3. The van der Waals surface area contributed by atoms with Crippen molar-refractivity contribution in [3.05, 3.63) is 98.8 Å². The minimum atomic E-state index is -0.366. The van der Waals surface area contributed by atoms with Crippen LogP contribution < -0.4 is 10.9 Å². The van der Waals surface area contributed by atoms with Crippen LogP contribution in [0.15, 0.2) is 71.5 Å². The smallest absolute Gasteiger partial charge is 0.281 e. The maximum absolute atomic E-state index is 12.8. The third-order valence-corrected chi connectivity index (χ3v) is 5.81. The summed E-state index contributed by atoms with van der Waals surface area (Å²) in [5.74, 6) is -0.220. The first-order chi connectivity index (χ1) is 16.0. The van der Waals surface area contributed by atoms with Gasteiger partial charge in [-0.2, -0.15) is 10.1 Å². The Labute approximate surface area is 194 Å². The largest absolute Gasteiger partial charge is 0.352 e. The predicted octanol–water partition coefficient (Wildman–Crippen LogP) is 4.17. The Bertz CT molecular complexity index is 1540. The number of hydrogen-bond acceptors (Lipinski definition) is 4. The first kappa shape index (κ1) is 20.9. The summed E-state index contributed by atoms with van der Waals surface area (Å²) < 4.78 is 1.64. The Balaban J connectivity index is 1.45. The van der Waals surface area contributed by atoms with Crippen LogP contribution in [-0.2, 0) is 6.42 Å². The lowest BCUT2D eigenvalue weighted by atomic mass is 10.1. The molecular weight excluding hydrogens is 438 g/mol. The highest BCUT2D eigenvalue weighted by molar-refractivity contribution is 6.30. The third kappa shape index (κ3) is 4.10. The average molecular weight is 458 g/mol. The Morgan fingerprint density at radius 3 is 2.58 bits per heavy atom. The van der Waals surface area contributed by atoms with E-state index in [9.17, 15) is 9.59 Å². The Morgan fingerprint density at radius 2 is 1.82 bits per heavy atom. The van der Waals surface area contributed by atoms with Crippen molar-refractivity contribution in [2.24, 2.45) is 0 Å². The zero-order valence-corrected chi connectivity index (χ0v) is 18.6. The molecule has 8 heteroatoms. The Hall–Kier alpha value is -3.97. The summed E-state index contributed by atoms with van der Waals surface area (Å²) in [6, 6.07) is 20.3. The molecule has 3 aromatic carbocycles. The second-order valence-electron chi connectivity index (χ2n) is 7.87. The highest BCUT2D eigenvalue weighted by Crippen LogP contribution is 2.23. The SMILES string of the molecule is Cc1ccc(-c2n[nH]n3c2nc(=O)c2ccc(C(=O)NCCc4ccc(Cl)cc4)cc23)cc1. The zero-order valence-electron chi connectivity index (χ0n) is 17.8. The standard InChI is InChI=1S/C25H20ClN5O2/c1-15-2-6-17(7-3-15)22-23-28-25(33)20-11-8-18(14-21(20)31(23)30-29-22)24(32)27-13-12-16-4-9-19(26)10-5-16/h2-11,14,30H,12-13H2,1H3,(H,27,32). The van der Waals surface area contributed by atoms with Crippen LogP contribution in [0.4, 0.5) is 0 Å². The van der Waals surface area contributed by atoms with E-state index in [2.05, 4.69) is 20.6 Å². The quantitative estimate of drug-likeness (QED) is 0.414. The van der Waals surface area contributed by atoms with Crippen molar-refractivity contribution >= 4 is 34.1 Å². The molecule has 2 aromatic heterocycles. The fraction of sp³-hybridized carbons (Fsp3) is 0.120. The summed E-state index contributed by atoms with van der Waals surface area (Å²) in [5.41, 5.74) is 4.67. The number of nitrogens with zero attached hydrogens (tertiary/aromatic N) is 3. The molecule has 5 aromatic rings. The van der Waals surface area contributed by atoms with Gasteiger partial charge in [0.15, 0.2) is 5.65 Å². The van der Waals surface area contributed by atoms with Gasteiger partial charge in [0.05, 0.1) is 10.9 Å². The first-order valence-corrected chi connectivity index (χ1v) is 10.9. The van der Waals surface area contributed by atoms with E-state index in [-0.39, 0.29) is 11.5 Å². The Kier molecular flexibility index (Phi) is 5.40. The lowest BCUT2D eigenvalue weighted by molar-refractivity contribution is 0.0954. The zero-order chi connectivity index (χ0) is 22.9. The van der Waals surface area contributed by atoms with Crippen molar-refractivity contribution in [1.29, 1.82) is 0 Å². The van der Waals surface area contributed by atoms with E-state index in [1.54, 1.807) is 22.7 Å². The molecule has 0 unspecified atom stereocenters. The molecule has 0 radical (unpaired) electrons. The van der Waals surface area contributed by atoms with Crippen molar-refractivity contribution in [1.82, 2.24) is 25.1 Å². The monoisotopic (exact) mass is 457 g/mol. The molecule has 0 atom stereocenters. The van der Waals surface area contributed by atoms with Gasteiger partial charge in [-0.05, 0) is 49.2 Å². The van der Waals surface area contributed by atoms with E-state index >= 15 is 0 Å². The van der Waals surface area contributed by atoms with E-state index in [0.29, 0.717) is 45.8 Å². The fourth-order valence-corrected chi connectivity index (χ4v) is 3.87. The number of amides is 1. The molecule has 0 saturated heterocycles. The number of hydrogen-bond donors (Lipinski definition) is 2. The molecule has 164 valence electrons. The molecule has 2 N–H and O–H groups in total. The average Bonchev–Trinajstić information content (AvgIpc) is 3.24. The van der Waals surface area contributed by atoms with E-state index in [0.717, 1.165) is 16.7 Å². The van der Waals surface area contributed by atoms with Gasteiger partial charge < -0.3 is 5.32 Å². The van der Waals surface area contributed by atoms with Crippen molar-refractivity contribution in [2.45, 2.75) is 13.3 Å². The number of aromatic amines is 1. The van der Waals surface area contributed by atoms with Crippen molar-refractivity contribution in [3.8, 4) is 11.3 Å².